The van der Waals surface area contributed by atoms with Gasteiger partial charge in [0.15, 0.2) is 5.82 Å². The van der Waals surface area contributed by atoms with Gasteiger partial charge in [-0.3, -0.25) is 14.8 Å². The summed E-state index contributed by atoms with van der Waals surface area (Å²) >= 11 is 0.827. The molecule has 0 spiro atoms. The van der Waals surface area contributed by atoms with E-state index in [1.54, 1.807) is 30.3 Å². The van der Waals surface area contributed by atoms with E-state index in [0.29, 0.717) is 10.5 Å². The summed E-state index contributed by atoms with van der Waals surface area (Å²) in [6, 6.07) is 8.75. The molecular formula is C14H12FN3O3S. The Kier molecular flexibility index (Phi) is 5.31. The van der Waals surface area contributed by atoms with Gasteiger partial charge in [0, 0.05) is 11.8 Å². The summed E-state index contributed by atoms with van der Waals surface area (Å²) in [6.07, 6.45) is 1.34. The predicted molar refractivity (Wildman–Crippen MR) is 79.0 cm³/mol. The maximum absolute atomic E-state index is 13.4. The molecule has 1 heterocycles. The Hall–Kier alpha value is -2.61. The number of carbonyl (C=O) groups excluding carboxylic acids is 2. The van der Waals surface area contributed by atoms with Gasteiger partial charge in [-0.05, 0) is 30.1 Å². The topological polar surface area (TPSA) is 80.3 Å². The zero-order valence-corrected chi connectivity index (χ0v) is 12.3. The van der Waals surface area contributed by atoms with Crippen LogP contribution in [0.1, 0.15) is 10.4 Å². The molecule has 2 rings (SSSR count). The number of benzene rings is 1. The van der Waals surface area contributed by atoms with Crippen LogP contribution in [0.25, 0.3) is 0 Å². The summed E-state index contributed by atoms with van der Waals surface area (Å²) in [7, 11) is 1.30. The normalized spacial score (nSPS) is 9.91. The number of amides is 3. The van der Waals surface area contributed by atoms with E-state index in [4.69, 9.17) is 0 Å². The quantitative estimate of drug-likeness (QED) is 0.845. The van der Waals surface area contributed by atoms with Crippen molar-refractivity contribution in [3.8, 4) is 5.88 Å². The lowest BCUT2D eigenvalue weighted by Crippen LogP contribution is -2.36. The molecule has 0 atom stereocenters. The van der Waals surface area contributed by atoms with Crippen LogP contribution in [0.3, 0.4) is 0 Å². The van der Waals surface area contributed by atoms with Gasteiger partial charge in [-0.1, -0.05) is 18.2 Å². The highest BCUT2D eigenvalue weighted by atomic mass is 32.2. The first-order chi connectivity index (χ1) is 10.6. The van der Waals surface area contributed by atoms with Crippen LogP contribution < -0.4 is 14.8 Å². The van der Waals surface area contributed by atoms with Gasteiger partial charge in [0.2, 0.25) is 5.88 Å². The summed E-state index contributed by atoms with van der Waals surface area (Å²) in [5.74, 6) is -1.30. The van der Waals surface area contributed by atoms with Crippen molar-refractivity contribution in [1.82, 2.24) is 15.0 Å². The molecule has 0 aliphatic carbocycles. The fourth-order valence-electron chi connectivity index (χ4n) is 1.51. The molecule has 0 aliphatic rings. The van der Waals surface area contributed by atoms with E-state index in [0.717, 1.165) is 18.0 Å². The van der Waals surface area contributed by atoms with Crippen LogP contribution in [-0.2, 0) is 0 Å². The number of ether oxygens (including phenoxy) is 1. The highest BCUT2D eigenvalue weighted by molar-refractivity contribution is 7.98. The van der Waals surface area contributed by atoms with Gasteiger partial charge in [-0.2, -0.15) is 0 Å². The Morgan fingerprint density at radius 3 is 2.64 bits per heavy atom. The Labute approximate surface area is 130 Å². The molecule has 0 saturated heterocycles. The number of nitrogens with zero attached hydrogens (tertiary/aromatic N) is 1. The zero-order chi connectivity index (χ0) is 15.9. The number of aromatic nitrogens is 1. The van der Waals surface area contributed by atoms with Gasteiger partial charge in [0.25, 0.3) is 5.91 Å². The maximum Gasteiger partial charge on any atom is 0.331 e. The van der Waals surface area contributed by atoms with Crippen LogP contribution in [0.2, 0.25) is 0 Å². The minimum Gasteiger partial charge on any atom is -0.479 e. The number of methoxy groups -OCH3 is 1. The van der Waals surface area contributed by atoms with E-state index in [2.05, 4.69) is 19.8 Å². The van der Waals surface area contributed by atoms with Crippen LogP contribution in [0, 0.1) is 5.82 Å². The summed E-state index contributed by atoms with van der Waals surface area (Å²) in [6.45, 7) is 0. The van der Waals surface area contributed by atoms with Crippen molar-refractivity contribution in [1.29, 1.82) is 0 Å². The third kappa shape index (κ3) is 4.19. The Bertz CT molecular complexity index is 682. The fraction of sp³-hybridized carbons (Fsp3) is 0.0714. The maximum atomic E-state index is 13.4. The lowest BCUT2D eigenvalue weighted by molar-refractivity contribution is 0.0965. The minimum atomic E-state index is -0.713. The molecule has 2 aromatic rings. The first-order valence-corrected chi connectivity index (χ1v) is 6.94. The average Bonchev–Trinajstić information content (AvgIpc) is 2.54. The van der Waals surface area contributed by atoms with Gasteiger partial charge in [-0.25, -0.2) is 14.2 Å². The summed E-state index contributed by atoms with van der Waals surface area (Å²) in [5.41, 5.74) is 0.361. The SMILES string of the molecule is COc1ncc(SNC(=O)NC(=O)c2ccccc2)cc1F. The van der Waals surface area contributed by atoms with Gasteiger partial charge in [-0.15, -0.1) is 0 Å². The Morgan fingerprint density at radius 2 is 2.00 bits per heavy atom. The number of rotatable bonds is 4. The van der Waals surface area contributed by atoms with Gasteiger partial charge < -0.3 is 4.74 Å². The van der Waals surface area contributed by atoms with Crippen LogP contribution >= 0.6 is 11.9 Å². The van der Waals surface area contributed by atoms with Crippen molar-refractivity contribution < 1.29 is 18.7 Å². The number of carbonyl (C=O) groups is 2. The van der Waals surface area contributed by atoms with Crippen LogP contribution in [-0.4, -0.2) is 24.0 Å². The van der Waals surface area contributed by atoms with E-state index >= 15 is 0 Å². The van der Waals surface area contributed by atoms with Crippen LogP contribution in [0.4, 0.5) is 9.18 Å². The van der Waals surface area contributed by atoms with Crippen molar-refractivity contribution in [3.05, 3.63) is 54.0 Å². The molecule has 0 saturated carbocycles. The zero-order valence-electron chi connectivity index (χ0n) is 11.5. The van der Waals surface area contributed by atoms with Crippen LogP contribution in [0.15, 0.2) is 47.5 Å². The molecule has 0 fully saturated rings. The Balaban J connectivity index is 1.88. The molecule has 2 N–H and O–H groups in total. The van der Waals surface area contributed by atoms with E-state index in [-0.39, 0.29) is 5.88 Å². The number of halogens is 1. The van der Waals surface area contributed by atoms with E-state index in [9.17, 15) is 14.0 Å². The molecule has 0 unspecified atom stereocenters. The van der Waals surface area contributed by atoms with Crippen molar-refractivity contribution in [2.24, 2.45) is 0 Å². The smallest absolute Gasteiger partial charge is 0.331 e. The second-order valence-electron chi connectivity index (χ2n) is 4.02. The van der Waals surface area contributed by atoms with Crippen molar-refractivity contribution in [2.45, 2.75) is 4.90 Å². The fourth-order valence-corrected chi connectivity index (χ4v) is 2.04. The number of hydrogen-bond donors (Lipinski definition) is 2. The van der Waals surface area contributed by atoms with E-state index < -0.39 is 17.8 Å². The van der Waals surface area contributed by atoms with Crippen molar-refractivity contribution >= 4 is 23.9 Å². The number of imide groups is 1. The molecule has 3 amide bonds. The van der Waals surface area contributed by atoms with Gasteiger partial charge >= 0.3 is 6.03 Å². The molecule has 22 heavy (non-hydrogen) atoms. The molecule has 1 aromatic carbocycles. The van der Waals surface area contributed by atoms with E-state index in [1.165, 1.54) is 13.3 Å². The number of pyridine rings is 1. The molecule has 6 nitrogen and oxygen atoms in total. The van der Waals surface area contributed by atoms with E-state index in [1.807, 2.05) is 0 Å². The molecule has 0 bridgehead atoms. The minimum absolute atomic E-state index is 0.131. The number of urea groups is 1. The Morgan fingerprint density at radius 1 is 1.27 bits per heavy atom. The summed E-state index contributed by atoms with van der Waals surface area (Å²) in [5, 5.41) is 2.15. The average molecular weight is 321 g/mol. The standard InChI is InChI=1S/C14H12FN3O3S/c1-21-13-11(15)7-10(8-16-13)22-18-14(20)17-12(19)9-5-3-2-4-6-9/h2-8H,1H3,(H2,17,18,19,20). The van der Waals surface area contributed by atoms with Gasteiger partial charge in [0.1, 0.15) is 0 Å². The number of hydrogen-bond acceptors (Lipinski definition) is 5. The molecule has 8 heteroatoms. The third-order valence-electron chi connectivity index (χ3n) is 2.50. The second-order valence-corrected chi connectivity index (χ2v) is 4.90. The first-order valence-electron chi connectivity index (χ1n) is 6.13. The van der Waals surface area contributed by atoms with Crippen LogP contribution in [0.5, 0.6) is 5.88 Å². The predicted octanol–water partition coefficient (Wildman–Crippen LogP) is 2.38. The highest BCUT2D eigenvalue weighted by Gasteiger charge is 2.11. The first kappa shape index (κ1) is 15.8. The second kappa shape index (κ2) is 7.41. The summed E-state index contributed by atoms with van der Waals surface area (Å²) < 4.78 is 20.5. The van der Waals surface area contributed by atoms with Gasteiger partial charge in [0.05, 0.1) is 12.0 Å². The monoisotopic (exact) mass is 321 g/mol. The lowest BCUT2D eigenvalue weighted by Gasteiger charge is -2.06. The molecule has 0 radical (unpaired) electrons. The highest BCUT2D eigenvalue weighted by Crippen LogP contribution is 2.19. The largest absolute Gasteiger partial charge is 0.479 e. The molecular weight excluding hydrogens is 309 g/mol. The lowest BCUT2D eigenvalue weighted by atomic mass is 10.2. The van der Waals surface area contributed by atoms with Crippen molar-refractivity contribution in [2.75, 3.05) is 7.11 Å². The van der Waals surface area contributed by atoms with Crippen molar-refractivity contribution in [3.63, 3.8) is 0 Å². The summed E-state index contributed by atoms with van der Waals surface area (Å²) in [4.78, 5) is 27.4. The molecule has 1 aromatic heterocycles. The molecule has 114 valence electrons. The number of nitrogens with one attached hydrogen (secondary N) is 2. The third-order valence-corrected chi connectivity index (χ3v) is 3.25. The molecule has 0 aliphatic heterocycles.